The molecule has 0 aromatic heterocycles. The number of likely N-dealkylation sites (tertiary alicyclic amines) is 1. The van der Waals surface area contributed by atoms with Gasteiger partial charge in [-0.25, -0.2) is 9.59 Å². The van der Waals surface area contributed by atoms with E-state index in [1.807, 2.05) is 6.92 Å². The molecule has 6 heteroatoms. The number of nitrogens with zero attached hydrogens (tertiary/aromatic N) is 2. The van der Waals surface area contributed by atoms with E-state index in [2.05, 4.69) is 0 Å². The van der Waals surface area contributed by atoms with Crippen molar-refractivity contribution < 1.29 is 19.8 Å². The van der Waals surface area contributed by atoms with Crippen molar-refractivity contribution in [2.45, 2.75) is 38.3 Å². The van der Waals surface area contributed by atoms with Crippen molar-refractivity contribution in [3.05, 3.63) is 0 Å². The third-order valence-electron chi connectivity index (χ3n) is 3.64. The summed E-state index contributed by atoms with van der Waals surface area (Å²) >= 11 is 0. The lowest BCUT2D eigenvalue weighted by Gasteiger charge is -2.29. The second-order valence-electron chi connectivity index (χ2n) is 5.16. The first-order valence-corrected chi connectivity index (χ1v) is 6.49. The summed E-state index contributed by atoms with van der Waals surface area (Å²) in [7, 11) is 0. The maximum Gasteiger partial charge on any atom is 0.326 e. The minimum absolute atomic E-state index is 0.122. The van der Waals surface area contributed by atoms with E-state index in [4.69, 9.17) is 5.11 Å². The number of hydrogen-bond acceptors (Lipinski definition) is 3. The van der Waals surface area contributed by atoms with Gasteiger partial charge in [-0.15, -0.1) is 0 Å². The van der Waals surface area contributed by atoms with E-state index in [9.17, 15) is 14.7 Å². The average molecular weight is 256 g/mol. The van der Waals surface area contributed by atoms with Gasteiger partial charge in [0, 0.05) is 26.1 Å². The van der Waals surface area contributed by atoms with Gasteiger partial charge in [0.2, 0.25) is 0 Å². The van der Waals surface area contributed by atoms with E-state index >= 15 is 0 Å². The monoisotopic (exact) mass is 256 g/mol. The molecule has 1 aliphatic heterocycles. The van der Waals surface area contributed by atoms with Crippen LogP contribution in [0.2, 0.25) is 0 Å². The number of carbonyl (C=O) groups excluding carboxylic acids is 1. The molecule has 2 amide bonds. The van der Waals surface area contributed by atoms with Gasteiger partial charge in [-0.1, -0.05) is 0 Å². The van der Waals surface area contributed by atoms with Gasteiger partial charge < -0.3 is 20.0 Å². The van der Waals surface area contributed by atoms with Crippen molar-refractivity contribution in [3.63, 3.8) is 0 Å². The van der Waals surface area contributed by atoms with Gasteiger partial charge in [-0.3, -0.25) is 0 Å². The zero-order valence-corrected chi connectivity index (χ0v) is 10.6. The van der Waals surface area contributed by atoms with Crippen LogP contribution in [0, 0.1) is 5.92 Å². The lowest BCUT2D eigenvalue weighted by atomic mass is 10.2. The molecular weight excluding hydrogens is 236 g/mol. The minimum Gasteiger partial charge on any atom is -0.480 e. The van der Waals surface area contributed by atoms with Crippen LogP contribution in [0.25, 0.3) is 0 Å². The number of carbonyl (C=O) groups is 2. The molecule has 2 atom stereocenters. The fourth-order valence-corrected chi connectivity index (χ4v) is 2.40. The highest BCUT2D eigenvalue weighted by Crippen LogP contribution is 2.30. The molecule has 2 fully saturated rings. The molecule has 1 heterocycles. The molecule has 6 nitrogen and oxygen atoms in total. The van der Waals surface area contributed by atoms with Crippen LogP contribution in [0.5, 0.6) is 0 Å². The molecule has 1 aliphatic carbocycles. The molecule has 1 unspecified atom stereocenters. The highest BCUT2D eigenvalue weighted by Gasteiger charge is 2.41. The number of β-amino-alcohol motifs (C(OH)–C–C–N with tert-alkyl or cyclic N) is 1. The Balaban J connectivity index is 2.02. The zero-order valence-electron chi connectivity index (χ0n) is 10.6. The predicted molar refractivity (Wildman–Crippen MR) is 64.1 cm³/mol. The number of carboxylic acid groups (broad SMARTS) is 1. The second-order valence-corrected chi connectivity index (χ2v) is 5.16. The Morgan fingerprint density at radius 2 is 2.06 bits per heavy atom. The Hall–Kier alpha value is -1.30. The van der Waals surface area contributed by atoms with E-state index in [-0.39, 0.29) is 19.0 Å². The summed E-state index contributed by atoms with van der Waals surface area (Å²) in [5, 5.41) is 18.6. The molecule has 0 spiro atoms. The number of carboxylic acids is 1. The quantitative estimate of drug-likeness (QED) is 0.761. The van der Waals surface area contributed by atoms with Gasteiger partial charge in [-0.05, 0) is 25.7 Å². The largest absolute Gasteiger partial charge is 0.480 e. The minimum atomic E-state index is -1.04. The Bertz CT molecular complexity index is 343. The van der Waals surface area contributed by atoms with E-state index in [0.717, 1.165) is 12.8 Å². The number of hydrogen-bond donors (Lipinski definition) is 2. The van der Waals surface area contributed by atoms with Crippen LogP contribution in [0.3, 0.4) is 0 Å². The molecule has 102 valence electrons. The number of aliphatic hydroxyl groups excluding tert-OH is 1. The molecule has 2 aliphatic rings. The van der Waals surface area contributed by atoms with Crippen LogP contribution in [0.15, 0.2) is 0 Å². The summed E-state index contributed by atoms with van der Waals surface area (Å²) < 4.78 is 0. The first-order valence-electron chi connectivity index (χ1n) is 6.49. The molecule has 0 bridgehead atoms. The fraction of sp³-hybridized carbons (Fsp3) is 0.833. The number of aliphatic carboxylic acids is 1. The second kappa shape index (κ2) is 5.14. The molecule has 0 radical (unpaired) electrons. The third-order valence-corrected chi connectivity index (χ3v) is 3.64. The Morgan fingerprint density at radius 1 is 1.39 bits per heavy atom. The highest BCUT2D eigenvalue weighted by atomic mass is 16.4. The van der Waals surface area contributed by atoms with E-state index in [1.165, 1.54) is 4.90 Å². The summed E-state index contributed by atoms with van der Waals surface area (Å²) in [6, 6.07) is -1.14. The molecule has 1 saturated carbocycles. The molecule has 18 heavy (non-hydrogen) atoms. The molecule has 2 N–H and O–H groups in total. The first kappa shape index (κ1) is 13.1. The summed E-state index contributed by atoms with van der Waals surface area (Å²) in [6.45, 7) is 3.29. The van der Waals surface area contributed by atoms with E-state index in [1.54, 1.807) is 4.90 Å². The first-order chi connectivity index (χ1) is 8.52. The normalized spacial score (nSPS) is 27.3. The maximum absolute atomic E-state index is 12.3. The smallest absolute Gasteiger partial charge is 0.326 e. The zero-order chi connectivity index (χ0) is 13.3. The molecule has 0 aromatic rings. The SMILES string of the molecule is CCN(CC1CC1)C(=O)N1CC(O)C[C@H]1C(=O)O. The van der Waals surface area contributed by atoms with Crippen LogP contribution < -0.4 is 0 Å². The summed E-state index contributed by atoms with van der Waals surface area (Å²) in [5.74, 6) is -0.466. The van der Waals surface area contributed by atoms with Gasteiger partial charge in [-0.2, -0.15) is 0 Å². The highest BCUT2D eigenvalue weighted by molar-refractivity contribution is 5.83. The number of amides is 2. The summed E-state index contributed by atoms with van der Waals surface area (Å²) in [5.41, 5.74) is 0. The lowest BCUT2D eigenvalue weighted by molar-refractivity contribution is -0.141. The number of rotatable bonds is 4. The lowest BCUT2D eigenvalue weighted by Crippen LogP contribution is -2.48. The Kier molecular flexibility index (Phi) is 3.75. The van der Waals surface area contributed by atoms with Gasteiger partial charge in [0.1, 0.15) is 6.04 Å². The standard InChI is InChI=1S/C12H20N2O4/c1-2-13(6-8-3-4-8)12(18)14-7-9(15)5-10(14)11(16)17/h8-10,15H,2-7H2,1H3,(H,16,17)/t9?,10-/m0/s1. The average Bonchev–Trinajstić information content (AvgIpc) is 3.05. The summed E-state index contributed by atoms with van der Waals surface area (Å²) in [6.07, 6.45) is 1.70. The Labute approximate surface area is 106 Å². The van der Waals surface area contributed by atoms with Crippen molar-refractivity contribution in [1.29, 1.82) is 0 Å². The van der Waals surface area contributed by atoms with E-state index in [0.29, 0.717) is 19.0 Å². The van der Waals surface area contributed by atoms with Crippen LogP contribution in [-0.4, -0.2) is 63.8 Å². The van der Waals surface area contributed by atoms with Gasteiger partial charge in [0.15, 0.2) is 0 Å². The molecule has 0 aromatic carbocycles. The van der Waals surface area contributed by atoms with Crippen molar-refractivity contribution in [2.75, 3.05) is 19.6 Å². The van der Waals surface area contributed by atoms with Crippen molar-refractivity contribution in [3.8, 4) is 0 Å². The van der Waals surface area contributed by atoms with Crippen LogP contribution >= 0.6 is 0 Å². The number of urea groups is 1. The Morgan fingerprint density at radius 3 is 2.56 bits per heavy atom. The van der Waals surface area contributed by atoms with Gasteiger partial charge in [0.25, 0.3) is 0 Å². The van der Waals surface area contributed by atoms with Gasteiger partial charge >= 0.3 is 12.0 Å². The van der Waals surface area contributed by atoms with Crippen molar-refractivity contribution >= 4 is 12.0 Å². The third kappa shape index (κ3) is 2.75. The molecular formula is C12H20N2O4. The maximum atomic E-state index is 12.3. The van der Waals surface area contributed by atoms with Crippen molar-refractivity contribution in [1.82, 2.24) is 9.80 Å². The number of aliphatic hydroxyl groups is 1. The topological polar surface area (TPSA) is 81.1 Å². The summed E-state index contributed by atoms with van der Waals surface area (Å²) in [4.78, 5) is 26.3. The fourth-order valence-electron chi connectivity index (χ4n) is 2.40. The van der Waals surface area contributed by atoms with Crippen molar-refractivity contribution in [2.24, 2.45) is 5.92 Å². The predicted octanol–water partition coefficient (Wildman–Crippen LogP) is 0.358. The van der Waals surface area contributed by atoms with Crippen LogP contribution in [0.1, 0.15) is 26.2 Å². The van der Waals surface area contributed by atoms with Crippen LogP contribution in [0.4, 0.5) is 4.79 Å². The molecule has 2 rings (SSSR count). The van der Waals surface area contributed by atoms with Crippen LogP contribution in [-0.2, 0) is 4.79 Å². The van der Waals surface area contributed by atoms with E-state index < -0.39 is 18.1 Å². The molecule has 1 saturated heterocycles. The van der Waals surface area contributed by atoms with Gasteiger partial charge in [0.05, 0.1) is 6.10 Å².